The minimum absolute atomic E-state index is 0.0291. The molecule has 1 heterocycles. The van der Waals surface area contributed by atoms with Crippen LogP contribution in [0.5, 0.6) is 0 Å². The Hall–Kier alpha value is -0.0000000000000000763. The molecule has 2 fully saturated rings. The summed E-state index contributed by atoms with van der Waals surface area (Å²) in [4.78, 5) is 0. The van der Waals surface area contributed by atoms with Gasteiger partial charge in [0.2, 0.25) is 0 Å². The molecular weight excluding hydrogens is 368 g/mol. The number of piperidine rings is 1. The topological polar surface area (TPSA) is 40.5 Å². The molecule has 0 spiro atoms. The van der Waals surface area contributed by atoms with Crippen LogP contribution in [0.15, 0.2) is 0 Å². The van der Waals surface area contributed by atoms with E-state index in [1.807, 2.05) is 0 Å². The fourth-order valence-corrected chi connectivity index (χ4v) is 4.79. The maximum atomic E-state index is 13.8. The van der Waals surface area contributed by atoms with Crippen molar-refractivity contribution in [1.29, 1.82) is 0 Å². The van der Waals surface area contributed by atoms with Crippen molar-refractivity contribution < 1.29 is 35.1 Å². The Bertz CT molecular complexity index is 465. The first kappa shape index (κ1) is 19.3. The van der Waals surface area contributed by atoms with Gasteiger partial charge in [0.05, 0.1) is 12.0 Å². The molecule has 2 rings (SSSR count). The van der Waals surface area contributed by atoms with Gasteiger partial charge in [0.15, 0.2) is 11.0 Å². The lowest BCUT2D eigenvalue weighted by Gasteiger charge is -2.42. The molecule has 0 aromatic carbocycles. The molecule has 1 aliphatic carbocycles. The van der Waals surface area contributed by atoms with Gasteiger partial charge in [0.25, 0.3) is 0 Å². The molecule has 3 unspecified atom stereocenters. The van der Waals surface area contributed by atoms with E-state index >= 15 is 0 Å². The van der Waals surface area contributed by atoms with Crippen LogP contribution in [-0.2, 0) is 11.0 Å². The molecule has 1 N–H and O–H groups in total. The van der Waals surface area contributed by atoms with Crippen LogP contribution in [-0.4, -0.2) is 42.6 Å². The first-order chi connectivity index (χ1) is 10.5. The molecule has 0 radical (unpaired) electrons. The predicted octanol–water partition coefficient (Wildman–Crippen LogP) is 4.19. The van der Waals surface area contributed by atoms with Crippen LogP contribution in [0.2, 0.25) is 0 Å². The van der Waals surface area contributed by atoms with Crippen molar-refractivity contribution in [3.63, 3.8) is 0 Å². The molecule has 0 bridgehead atoms. The lowest BCUT2D eigenvalue weighted by Crippen LogP contribution is -2.58. The Labute approximate surface area is 136 Å². The quantitative estimate of drug-likeness (QED) is 0.570. The van der Waals surface area contributed by atoms with Crippen molar-refractivity contribution in [1.82, 2.24) is 4.31 Å². The Balaban J connectivity index is 2.15. The molecule has 136 valence electrons. The van der Waals surface area contributed by atoms with Gasteiger partial charge in [-0.25, -0.2) is 8.51 Å². The van der Waals surface area contributed by atoms with Gasteiger partial charge in [-0.3, -0.25) is 0 Å². The molecular formula is C12H17F6NO2S2. The average molecular weight is 385 g/mol. The van der Waals surface area contributed by atoms with Crippen LogP contribution in [0, 0.1) is 11.8 Å². The molecule has 0 amide bonds. The van der Waals surface area contributed by atoms with Gasteiger partial charge >= 0.3 is 16.4 Å². The first-order valence-electron chi connectivity index (χ1n) is 7.17. The second-order valence-corrected chi connectivity index (χ2v) is 8.15. The second-order valence-electron chi connectivity index (χ2n) is 5.93. The maximum absolute atomic E-state index is 13.8. The monoisotopic (exact) mass is 385 g/mol. The number of nitrogens with zero attached hydrogens (tertiary/aromatic N) is 1. The number of rotatable bonds is 5. The van der Waals surface area contributed by atoms with Crippen LogP contribution in [0.25, 0.3) is 0 Å². The number of alkyl halides is 6. The molecule has 3 nitrogen and oxygen atoms in total. The van der Waals surface area contributed by atoms with Gasteiger partial charge in [-0.15, -0.1) is 0 Å². The summed E-state index contributed by atoms with van der Waals surface area (Å²) in [5, 5.41) is -10.9. The van der Waals surface area contributed by atoms with Gasteiger partial charge in [-0.05, 0) is 24.7 Å². The van der Waals surface area contributed by atoms with Crippen molar-refractivity contribution in [2.24, 2.45) is 11.8 Å². The summed E-state index contributed by atoms with van der Waals surface area (Å²) in [5.41, 5.74) is 0. The zero-order valence-corrected chi connectivity index (χ0v) is 13.6. The summed E-state index contributed by atoms with van der Waals surface area (Å²) >= 11 is -1.67. The van der Waals surface area contributed by atoms with Crippen molar-refractivity contribution in [2.45, 2.75) is 48.5 Å². The lowest BCUT2D eigenvalue weighted by molar-refractivity contribution is -0.241. The number of halogens is 6. The largest absolute Gasteiger partial charge is 0.403 e. The van der Waals surface area contributed by atoms with E-state index in [0.717, 1.165) is 25.7 Å². The molecule has 11 heteroatoms. The SMILES string of the molecule is O=S(N1CCC2CCCCC2C1)C(F)(F)C(F)(F)C(F)(F)SO. The zero-order chi connectivity index (χ0) is 17.5. The second kappa shape index (κ2) is 6.72. The van der Waals surface area contributed by atoms with E-state index < -0.39 is 39.5 Å². The molecule has 0 aromatic heterocycles. The van der Waals surface area contributed by atoms with Gasteiger partial charge in [-0.2, -0.15) is 26.3 Å². The van der Waals surface area contributed by atoms with Gasteiger partial charge in [-0.1, -0.05) is 19.3 Å². The van der Waals surface area contributed by atoms with Gasteiger partial charge < -0.3 is 4.55 Å². The average Bonchev–Trinajstić information content (AvgIpc) is 2.53. The van der Waals surface area contributed by atoms with Crippen molar-refractivity contribution in [3.05, 3.63) is 0 Å². The Kier molecular flexibility index (Phi) is 5.65. The van der Waals surface area contributed by atoms with E-state index in [-0.39, 0.29) is 24.9 Å². The van der Waals surface area contributed by atoms with Gasteiger partial charge in [0.1, 0.15) is 0 Å². The van der Waals surface area contributed by atoms with E-state index in [1.54, 1.807) is 0 Å². The van der Waals surface area contributed by atoms with Crippen LogP contribution in [0.1, 0.15) is 32.1 Å². The summed E-state index contributed by atoms with van der Waals surface area (Å²) < 4.78 is 101. The number of hydrogen-bond donors (Lipinski definition) is 1. The summed E-state index contributed by atoms with van der Waals surface area (Å²) in [6.45, 7) is -0.169. The minimum atomic E-state index is -5.94. The smallest absolute Gasteiger partial charge is 0.325 e. The lowest BCUT2D eigenvalue weighted by atomic mass is 9.76. The maximum Gasteiger partial charge on any atom is 0.403 e. The number of hydrogen-bond acceptors (Lipinski definition) is 3. The Morgan fingerprint density at radius 2 is 1.57 bits per heavy atom. The fraction of sp³-hybridized carbons (Fsp3) is 1.00. The zero-order valence-electron chi connectivity index (χ0n) is 12.0. The van der Waals surface area contributed by atoms with Crippen molar-refractivity contribution in [2.75, 3.05) is 13.1 Å². The highest BCUT2D eigenvalue weighted by Crippen LogP contribution is 2.52. The third-order valence-electron chi connectivity index (χ3n) is 4.55. The van der Waals surface area contributed by atoms with E-state index in [9.17, 15) is 30.6 Å². The third-order valence-corrected chi connectivity index (χ3v) is 6.53. The van der Waals surface area contributed by atoms with Crippen LogP contribution < -0.4 is 0 Å². The molecule has 1 saturated carbocycles. The molecule has 23 heavy (non-hydrogen) atoms. The summed E-state index contributed by atoms with van der Waals surface area (Å²) in [6.07, 6.45) is 3.97. The Morgan fingerprint density at radius 1 is 1.00 bits per heavy atom. The summed E-state index contributed by atoms with van der Waals surface area (Å²) in [5.74, 6) is -5.69. The minimum Gasteiger partial charge on any atom is -0.325 e. The highest BCUT2D eigenvalue weighted by atomic mass is 32.2. The summed E-state index contributed by atoms with van der Waals surface area (Å²) in [7, 11) is -3.60. The fourth-order valence-electron chi connectivity index (χ4n) is 3.22. The van der Waals surface area contributed by atoms with E-state index in [2.05, 4.69) is 0 Å². The normalized spacial score (nSPS) is 29.2. The van der Waals surface area contributed by atoms with Gasteiger partial charge in [0, 0.05) is 13.1 Å². The molecule has 2 aliphatic rings. The predicted molar refractivity (Wildman–Crippen MR) is 74.8 cm³/mol. The van der Waals surface area contributed by atoms with Crippen LogP contribution in [0.4, 0.5) is 26.3 Å². The molecule has 1 aliphatic heterocycles. The molecule has 0 aromatic rings. The highest BCUT2D eigenvalue weighted by molar-refractivity contribution is 7.95. The third kappa shape index (κ3) is 3.38. The Morgan fingerprint density at radius 3 is 2.13 bits per heavy atom. The van der Waals surface area contributed by atoms with Crippen molar-refractivity contribution in [3.8, 4) is 0 Å². The van der Waals surface area contributed by atoms with Crippen LogP contribution >= 0.6 is 12.0 Å². The molecule has 3 atom stereocenters. The van der Waals surface area contributed by atoms with E-state index in [1.165, 1.54) is 0 Å². The standard InChI is InChI=1S/C12H17F6NO2S2/c13-10(14,11(15,16)22-20)12(17,18)23(21)19-6-5-8-3-1-2-4-9(8)7-19/h8-9,20H,1-7H2. The molecule has 1 saturated heterocycles. The number of fused-ring (bicyclic) bond motifs is 1. The summed E-state index contributed by atoms with van der Waals surface area (Å²) in [6, 6.07) is 0. The van der Waals surface area contributed by atoms with E-state index in [0.29, 0.717) is 10.7 Å². The first-order valence-corrected chi connectivity index (χ1v) is 9.05. The highest BCUT2D eigenvalue weighted by Gasteiger charge is 2.76. The van der Waals surface area contributed by atoms with E-state index in [4.69, 9.17) is 4.55 Å². The van der Waals surface area contributed by atoms with Crippen molar-refractivity contribution >= 4 is 23.0 Å². The van der Waals surface area contributed by atoms with Crippen LogP contribution in [0.3, 0.4) is 0 Å².